The molecule has 0 radical (unpaired) electrons. The minimum Gasteiger partial charge on any atom is -0.380 e. The molecule has 3 rings (SSSR count). The van der Waals surface area contributed by atoms with Crippen molar-refractivity contribution in [2.24, 2.45) is 0 Å². The van der Waals surface area contributed by atoms with Gasteiger partial charge in [-0.1, -0.05) is 38.1 Å². The first-order valence-electron chi connectivity index (χ1n) is 9.00. The Morgan fingerprint density at radius 1 is 0.680 bits per heavy atom. The molecule has 0 aliphatic rings. The SMILES string of the molecule is CCc1cccc(NCc2ccc(CNc3cccc(CC)c3)s2)c1. The molecule has 0 saturated heterocycles. The average Bonchev–Trinajstić information content (AvgIpc) is 3.13. The molecule has 0 fully saturated rings. The number of anilines is 2. The second-order valence-electron chi connectivity index (χ2n) is 6.18. The predicted octanol–water partition coefficient (Wildman–Crippen LogP) is 6.10. The number of rotatable bonds is 8. The molecular formula is C22H26N2S. The van der Waals surface area contributed by atoms with Gasteiger partial charge in [0, 0.05) is 34.2 Å². The molecule has 0 bridgehead atoms. The van der Waals surface area contributed by atoms with E-state index < -0.39 is 0 Å². The zero-order valence-corrected chi connectivity index (χ0v) is 15.8. The number of hydrogen-bond donors (Lipinski definition) is 2. The van der Waals surface area contributed by atoms with Crippen LogP contribution >= 0.6 is 11.3 Å². The van der Waals surface area contributed by atoms with Crippen molar-refractivity contribution < 1.29 is 0 Å². The third-order valence-electron chi connectivity index (χ3n) is 4.32. The van der Waals surface area contributed by atoms with E-state index >= 15 is 0 Å². The first kappa shape index (κ1) is 17.6. The predicted molar refractivity (Wildman–Crippen MR) is 111 cm³/mol. The van der Waals surface area contributed by atoms with Gasteiger partial charge in [0.05, 0.1) is 0 Å². The lowest BCUT2D eigenvalue weighted by Gasteiger charge is -2.07. The quantitative estimate of drug-likeness (QED) is 0.513. The summed E-state index contributed by atoms with van der Waals surface area (Å²) in [6.45, 7) is 6.13. The highest BCUT2D eigenvalue weighted by molar-refractivity contribution is 7.12. The van der Waals surface area contributed by atoms with Gasteiger partial charge in [-0.3, -0.25) is 0 Å². The molecule has 3 aromatic rings. The van der Waals surface area contributed by atoms with Crippen LogP contribution in [0.4, 0.5) is 11.4 Å². The Labute approximate surface area is 154 Å². The Hall–Kier alpha value is -2.26. The molecule has 3 heteroatoms. The highest BCUT2D eigenvalue weighted by Gasteiger charge is 2.02. The first-order chi connectivity index (χ1) is 12.3. The molecule has 0 spiro atoms. The Morgan fingerprint density at radius 3 is 1.60 bits per heavy atom. The van der Waals surface area contributed by atoms with E-state index in [2.05, 4.69) is 85.1 Å². The van der Waals surface area contributed by atoms with E-state index in [1.54, 1.807) is 0 Å². The second kappa shape index (κ2) is 8.72. The van der Waals surface area contributed by atoms with Crippen molar-refractivity contribution in [1.29, 1.82) is 0 Å². The van der Waals surface area contributed by atoms with E-state index in [0.29, 0.717) is 0 Å². The number of thiophene rings is 1. The van der Waals surface area contributed by atoms with Crippen molar-refractivity contribution in [3.63, 3.8) is 0 Å². The van der Waals surface area contributed by atoms with Gasteiger partial charge in [-0.05, 0) is 60.4 Å². The molecule has 130 valence electrons. The fraction of sp³-hybridized carbons (Fsp3) is 0.273. The molecule has 2 nitrogen and oxygen atoms in total. The number of aryl methyl sites for hydroxylation is 2. The van der Waals surface area contributed by atoms with Crippen molar-refractivity contribution in [3.8, 4) is 0 Å². The smallest absolute Gasteiger partial charge is 0.0494 e. The minimum atomic E-state index is 0.878. The van der Waals surface area contributed by atoms with Crippen LogP contribution in [0, 0.1) is 0 Å². The Kier molecular flexibility index (Phi) is 6.13. The molecule has 1 aromatic heterocycles. The molecule has 0 atom stereocenters. The highest BCUT2D eigenvalue weighted by atomic mass is 32.1. The fourth-order valence-electron chi connectivity index (χ4n) is 2.79. The third kappa shape index (κ3) is 5.10. The second-order valence-corrected chi connectivity index (χ2v) is 7.44. The lowest BCUT2D eigenvalue weighted by molar-refractivity contribution is 1.13. The molecule has 2 aromatic carbocycles. The molecular weight excluding hydrogens is 324 g/mol. The molecule has 0 aliphatic carbocycles. The summed E-state index contributed by atoms with van der Waals surface area (Å²) in [4.78, 5) is 2.72. The van der Waals surface area contributed by atoms with Gasteiger partial charge >= 0.3 is 0 Å². The summed E-state index contributed by atoms with van der Waals surface area (Å²) in [5.41, 5.74) is 5.14. The number of benzene rings is 2. The van der Waals surface area contributed by atoms with E-state index in [9.17, 15) is 0 Å². The summed E-state index contributed by atoms with van der Waals surface area (Å²) in [5.74, 6) is 0. The molecule has 1 heterocycles. The van der Waals surface area contributed by atoms with Crippen molar-refractivity contribution in [2.75, 3.05) is 10.6 Å². The van der Waals surface area contributed by atoms with Gasteiger partial charge in [0.25, 0.3) is 0 Å². The van der Waals surface area contributed by atoms with Crippen LogP contribution in [0.15, 0.2) is 60.7 Å². The van der Waals surface area contributed by atoms with Crippen molar-refractivity contribution in [1.82, 2.24) is 0 Å². The van der Waals surface area contributed by atoms with Crippen molar-refractivity contribution in [3.05, 3.63) is 81.5 Å². The number of nitrogens with one attached hydrogen (secondary N) is 2. The van der Waals surface area contributed by atoms with Crippen LogP contribution in [-0.4, -0.2) is 0 Å². The van der Waals surface area contributed by atoms with E-state index in [4.69, 9.17) is 0 Å². The average molecular weight is 351 g/mol. The van der Waals surface area contributed by atoms with Crippen LogP contribution in [0.3, 0.4) is 0 Å². The lowest BCUT2D eigenvalue weighted by Crippen LogP contribution is -1.98. The normalized spacial score (nSPS) is 10.6. The molecule has 25 heavy (non-hydrogen) atoms. The van der Waals surface area contributed by atoms with E-state index in [1.165, 1.54) is 32.3 Å². The van der Waals surface area contributed by atoms with Gasteiger partial charge in [-0.2, -0.15) is 0 Å². The van der Waals surface area contributed by atoms with Crippen molar-refractivity contribution in [2.45, 2.75) is 39.8 Å². The van der Waals surface area contributed by atoms with Gasteiger partial charge in [-0.15, -0.1) is 11.3 Å². The zero-order valence-electron chi connectivity index (χ0n) is 15.0. The third-order valence-corrected chi connectivity index (χ3v) is 5.41. The monoisotopic (exact) mass is 350 g/mol. The van der Waals surface area contributed by atoms with Crippen LogP contribution in [0.5, 0.6) is 0 Å². The summed E-state index contributed by atoms with van der Waals surface area (Å²) in [6.07, 6.45) is 2.15. The summed E-state index contributed by atoms with van der Waals surface area (Å²) >= 11 is 1.87. The Balaban J connectivity index is 1.53. The van der Waals surface area contributed by atoms with E-state index in [0.717, 1.165) is 25.9 Å². The molecule has 0 unspecified atom stereocenters. The summed E-state index contributed by atoms with van der Waals surface area (Å²) in [5, 5.41) is 7.06. The van der Waals surface area contributed by atoms with Crippen LogP contribution in [0.2, 0.25) is 0 Å². The lowest BCUT2D eigenvalue weighted by atomic mass is 10.1. The van der Waals surface area contributed by atoms with Crippen molar-refractivity contribution >= 4 is 22.7 Å². The largest absolute Gasteiger partial charge is 0.380 e. The maximum absolute atomic E-state index is 3.53. The summed E-state index contributed by atoms with van der Waals surface area (Å²) in [7, 11) is 0. The molecule has 0 saturated carbocycles. The first-order valence-corrected chi connectivity index (χ1v) is 9.81. The Morgan fingerprint density at radius 2 is 1.16 bits per heavy atom. The van der Waals surface area contributed by atoms with E-state index in [-0.39, 0.29) is 0 Å². The molecule has 2 N–H and O–H groups in total. The maximum Gasteiger partial charge on any atom is 0.0494 e. The minimum absolute atomic E-state index is 0.878. The van der Waals surface area contributed by atoms with E-state index in [1.807, 2.05) is 11.3 Å². The Bertz CT molecular complexity index is 741. The topological polar surface area (TPSA) is 24.1 Å². The van der Waals surface area contributed by atoms with Gasteiger partial charge in [-0.25, -0.2) is 0 Å². The van der Waals surface area contributed by atoms with Crippen LogP contribution in [0.1, 0.15) is 34.7 Å². The zero-order chi connectivity index (χ0) is 17.5. The van der Waals surface area contributed by atoms with Gasteiger partial charge < -0.3 is 10.6 Å². The molecule has 0 aliphatic heterocycles. The van der Waals surface area contributed by atoms with Crippen LogP contribution < -0.4 is 10.6 Å². The van der Waals surface area contributed by atoms with Gasteiger partial charge in [0.1, 0.15) is 0 Å². The number of hydrogen-bond acceptors (Lipinski definition) is 3. The van der Waals surface area contributed by atoms with Gasteiger partial charge in [0.15, 0.2) is 0 Å². The van der Waals surface area contributed by atoms with Gasteiger partial charge in [0.2, 0.25) is 0 Å². The highest BCUT2D eigenvalue weighted by Crippen LogP contribution is 2.20. The van der Waals surface area contributed by atoms with Crippen LogP contribution in [0.25, 0.3) is 0 Å². The molecule has 0 amide bonds. The maximum atomic E-state index is 3.53. The summed E-state index contributed by atoms with van der Waals surface area (Å²) in [6, 6.07) is 21.8. The fourth-order valence-corrected chi connectivity index (χ4v) is 3.69. The standard InChI is InChI=1S/C22H26N2S/c1-3-17-7-5-9-19(13-17)23-15-21-11-12-22(25-21)16-24-20-10-6-8-18(4-2)14-20/h5-14,23-24H,3-4,15-16H2,1-2H3. The summed E-state index contributed by atoms with van der Waals surface area (Å²) < 4.78 is 0. The van der Waals surface area contributed by atoms with Crippen LogP contribution in [-0.2, 0) is 25.9 Å².